The van der Waals surface area contributed by atoms with E-state index in [-0.39, 0.29) is 18.2 Å². The zero-order valence-electron chi connectivity index (χ0n) is 13.1. The highest BCUT2D eigenvalue weighted by Crippen LogP contribution is 2.10. The molecule has 1 aliphatic heterocycles. The molecule has 0 aromatic carbocycles. The van der Waals surface area contributed by atoms with Crippen LogP contribution in [0, 0.1) is 6.92 Å². The summed E-state index contributed by atoms with van der Waals surface area (Å²) in [6.45, 7) is 4.15. The molecule has 7 heteroatoms. The van der Waals surface area contributed by atoms with Crippen molar-refractivity contribution < 1.29 is 9.59 Å². The second-order valence-electron chi connectivity index (χ2n) is 5.70. The van der Waals surface area contributed by atoms with Gasteiger partial charge in [0.1, 0.15) is 5.01 Å². The average molecular weight is 324 g/mol. The molecule has 2 N–H and O–H groups in total. The van der Waals surface area contributed by atoms with E-state index in [0.29, 0.717) is 6.54 Å². The van der Waals surface area contributed by atoms with Gasteiger partial charge in [-0.1, -0.05) is 19.3 Å². The van der Waals surface area contributed by atoms with E-state index in [1.54, 1.807) is 0 Å². The Bertz CT molecular complexity index is 495. The van der Waals surface area contributed by atoms with Crippen molar-refractivity contribution in [2.24, 2.45) is 0 Å². The number of hydrogen-bond donors (Lipinski definition) is 2. The second-order valence-corrected chi connectivity index (χ2v) is 6.64. The van der Waals surface area contributed by atoms with Gasteiger partial charge in [0.05, 0.1) is 13.0 Å². The first-order chi connectivity index (χ1) is 10.6. The Kier molecular flexibility index (Phi) is 6.79. The Morgan fingerprint density at radius 3 is 2.41 bits per heavy atom. The SMILES string of the molecule is Cc1csc(CC(=O)NNC(=O)CN2CCCCCCC2)n1. The van der Waals surface area contributed by atoms with Crippen LogP contribution in [0.2, 0.25) is 0 Å². The maximum absolute atomic E-state index is 11.9. The number of nitrogens with one attached hydrogen (secondary N) is 2. The summed E-state index contributed by atoms with van der Waals surface area (Å²) in [5.41, 5.74) is 5.86. The molecule has 0 bridgehead atoms. The van der Waals surface area contributed by atoms with Crippen LogP contribution in [0.25, 0.3) is 0 Å². The van der Waals surface area contributed by atoms with Crippen molar-refractivity contribution in [1.82, 2.24) is 20.7 Å². The predicted molar refractivity (Wildman–Crippen MR) is 86.4 cm³/mol. The molecule has 1 aromatic heterocycles. The quantitative estimate of drug-likeness (QED) is 0.821. The topological polar surface area (TPSA) is 74.3 Å². The molecule has 1 aliphatic rings. The monoisotopic (exact) mass is 324 g/mol. The van der Waals surface area contributed by atoms with Crippen LogP contribution < -0.4 is 10.9 Å². The molecule has 2 heterocycles. The number of aromatic nitrogens is 1. The minimum absolute atomic E-state index is 0.163. The summed E-state index contributed by atoms with van der Waals surface area (Å²) in [6, 6.07) is 0. The molecule has 0 saturated carbocycles. The molecule has 0 unspecified atom stereocenters. The summed E-state index contributed by atoms with van der Waals surface area (Å²) < 4.78 is 0. The lowest BCUT2D eigenvalue weighted by atomic mass is 10.1. The van der Waals surface area contributed by atoms with Crippen LogP contribution in [0.5, 0.6) is 0 Å². The smallest absolute Gasteiger partial charge is 0.252 e. The van der Waals surface area contributed by atoms with Gasteiger partial charge in [0.25, 0.3) is 5.91 Å². The normalized spacial score (nSPS) is 16.6. The molecule has 0 atom stereocenters. The molecule has 0 radical (unpaired) electrons. The van der Waals surface area contributed by atoms with Crippen molar-refractivity contribution in [3.8, 4) is 0 Å². The lowest BCUT2D eigenvalue weighted by molar-refractivity contribution is -0.129. The second kappa shape index (κ2) is 8.85. The van der Waals surface area contributed by atoms with E-state index in [4.69, 9.17) is 0 Å². The number of hydrazine groups is 1. The molecular formula is C15H24N4O2S. The molecule has 2 amide bonds. The maximum Gasteiger partial charge on any atom is 0.252 e. The summed E-state index contributed by atoms with van der Waals surface area (Å²) in [4.78, 5) is 30.0. The van der Waals surface area contributed by atoms with Gasteiger partial charge >= 0.3 is 0 Å². The lowest BCUT2D eigenvalue weighted by Gasteiger charge is -2.23. The minimum Gasteiger partial charge on any atom is -0.294 e. The first-order valence-corrected chi connectivity index (χ1v) is 8.72. The Labute approximate surface area is 135 Å². The van der Waals surface area contributed by atoms with E-state index in [0.717, 1.165) is 36.6 Å². The van der Waals surface area contributed by atoms with Crippen LogP contribution in [0.4, 0.5) is 0 Å². The van der Waals surface area contributed by atoms with Crippen molar-refractivity contribution >= 4 is 23.2 Å². The summed E-state index contributed by atoms with van der Waals surface area (Å²) in [6.07, 6.45) is 6.26. The van der Waals surface area contributed by atoms with Crippen LogP contribution in [-0.4, -0.2) is 41.3 Å². The first kappa shape index (κ1) is 16.9. The number of aryl methyl sites for hydroxylation is 1. The van der Waals surface area contributed by atoms with Crippen LogP contribution in [0.1, 0.15) is 42.8 Å². The van der Waals surface area contributed by atoms with Gasteiger partial charge in [0.2, 0.25) is 5.91 Å². The van der Waals surface area contributed by atoms with Crippen molar-refractivity contribution in [3.63, 3.8) is 0 Å². The van der Waals surface area contributed by atoms with Crippen molar-refractivity contribution in [3.05, 3.63) is 16.1 Å². The maximum atomic E-state index is 11.9. The average Bonchev–Trinajstić information content (AvgIpc) is 2.85. The van der Waals surface area contributed by atoms with Gasteiger partial charge in [-0.3, -0.25) is 25.3 Å². The van der Waals surface area contributed by atoms with E-state index in [1.807, 2.05) is 12.3 Å². The Morgan fingerprint density at radius 1 is 1.14 bits per heavy atom. The number of amides is 2. The molecular weight excluding hydrogens is 300 g/mol. The first-order valence-electron chi connectivity index (χ1n) is 7.84. The molecule has 2 rings (SSSR count). The minimum atomic E-state index is -0.240. The number of carbonyl (C=O) groups is 2. The molecule has 22 heavy (non-hydrogen) atoms. The zero-order valence-corrected chi connectivity index (χ0v) is 13.9. The van der Waals surface area contributed by atoms with Gasteiger partial charge in [-0.25, -0.2) is 4.98 Å². The fourth-order valence-corrected chi connectivity index (χ4v) is 3.29. The van der Waals surface area contributed by atoms with E-state index in [2.05, 4.69) is 20.7 Å². The Balaban J connectivity index is 1.66. The van der Waals surface area contributed by atoms with Gasteiger partial charge in [0.15, 0.2) is 0 Å². The van der Waals surface area contributed by atoms with Crippen LogP contribution in [0.3, 0.4) is 0 Å². The third kappa shape index (κ3) is 6.11. The standard InChI is InChI=1S/C15H24N4O2S/c1-12-11-22-15(16-12)9-13(20)17-18-14(21)10-19-7-5-3-2-4-6-8-19/h11H,2-10H2,1H3,(H,17,20)(H,18,21). The van der Waals surface area contributed by atoms with Crippen molar-refractivity contribution in [2.75, 3.05) is 19.6 Å². The van der Waals surface area contributed by atoms with Crippen LogP contribution in [-0.2, 0) is 16.0 Å². The third-order valence-electron chi connectivity index (χ3n) is 3.64. The molecule has 1 saturated heterocycles. The molecule has 122 valence electrons. The van der Waals surface area contributed by atoms with Crippen LogP contribution in [0.15, 0.2) is 5.38 Å². The Morgan fingerprint density at radius 2 is 1.77 bits per heavy atom. The van der Waals surface area contributed by atoms with E-state index < -0.39 is 0 Å². The van der Waals surface area contributed by atoms with E-state index >= 15 is 0 Å². The lowest BCUT2D eigenvalue weighted by Crippen LogP contribution is -2.47. The molecule has 6 nitrogen and oxygen atoms in total. The van der Waals surface area contributed by atoms with Crippen molar-refractivity contribution in [1.29, 1.82) is 0 Å². The Hall–Kier alpha value is -1.47. The molecule has 1 fully saturated rings. The van der Waals surface area contributed by atoms with Crippen molar-refractivity contribution in [2.45, 2.75) is 45.4 Å². The molecule has 0 spiro atoms. The highest BCUT2D eigenvalue weighted by molar-refractivity contribution is 7.09. The van der Waals surface area contributed by atoms with Gasteiger partial charge < -0.3 is 0 Å². The highest BCUT2D eigenvalue weighted by Gasteiger charge is 2.13. The number of nitrogens with zero attached hydrogens (tertiary/aromatic N) is 2. The summed E-state index contributed by atoms with van der Waals surface area (Å²) in [7, 11) is 0. The van der Waals surface area contributed by atoms with E-state index in [9.17, 15) is 9.59 Å². The van der Waals surface area contributed by atoms with Gasteiger partial charge in [-0.15, -0.1) is 11.3 Å². The molecule has 0 aliphatic carbocycles. The number of rotatable bonds is 4. The van der Waals surface area contributed by atoms with Gasteiger partial charge in [-0.05, 0) is 32.9 Å². The third-order valence-corrected chi connectivity index (χ3v) is 4.60. The van der Waals surface area contributed by atoms with Gasteiger partial charge in [-0.2, -0.15) is 0 Å². The largest absolute Gasteiger partial charge is 0.294 e. The predicted octanol–water partition coefficient (Wildman–Crippen LogP) is 1.41. The number of likely N-dealkylation sites (tertiary alicyclic amines) is 1. The fraction of sp³-hybridized carbons (Fsp3) is 0.667. The molecule has 1 aromatic rings. The summed E-state index contributed by atoms with van der Waals surface area (Å²) in [5, 5.41) is 2.66. The zero-order chi connectivity index (χ0) is 15.8. The van der Waals surface area contributed by atoms with E-state index in [1.165, 1.54) is 30.6 Å². The fourth-order valence-electron chi connectivity index (χ4n) is 2.52. The summed E-state index contributed by atoms with van der Waals surface area (Å²) in [5.74, 6) is -0.403. The van der Waals surface area contributed by atoms with Crippen LogP contribution >= 0.6 is 11.3 Å². The van der Waals surface area contributed by atoms with Gasteiger partial charge in [0, 0.05) is 11.1 Å². The number of hydrogen-bond acceptors (Lipinski definition) is 5. The summed E-state index contributed by atoms with van der Waals surface area (Å²) >= 11 is 1.45. The highest BCUT2D eigenvalue weighted by atomic mass is 32.1. The number of thiazole rings is 1. The number of carbonyl (C=O) groups excluding carboxylic acids is 2.